The normalized spacial score (nSPS) is 12.5. The molecule has 2 N–H and O–H groups in total. The van der Waals surface area contributed by atoms with Gasteiger partial charge in [0.25, 0.3) is 11.1 Å². The predicted octanol–water partition coefficient (Wildman–Crippen LogP) is 0.955. The van der Waals surface area contributed by atoms with Gasteiger partial charge in [-0.25, -0.2) is 9.78 Å². The first kappa shape index (κ1) is 21.1. The molecule has 0 fully saturated rings. The number of Topliss-reactive ketones (excluding diaryl/α,β-unsaturated/α-hetero) is 1. The molecule has 9 nitrogen and oxygen atoms in total. The van der Waals surface area contributed by atoms with E-state index in [0.717, 1.165) is 31.3 Å². The van der Waals surface area contributed by atoms with Crippen LogP contribution >= 0.6 is 23.1 Å². The van der Waals surface area contributed by atoms with E-state index in [2.05, 4.69) is 4.98 Å². The SMILES string of the molecule is Cc1sc2nc(SC(C)C(=O)c3c(N)n(C)c(=O)n(C)c3=O)n(C)c(=O)c2c1C. The van der Waals surface area contributed by atoms with E-state index in [1.165, 1.54) is 30.0 Å². The highest BCUT2D eigenvalue weighted by Gasteiger charge is 2.27. The number of carbonyl (C=O) groups excluding carboxylic acids is 1. The summed E-state index contributed by atoms with van der Waals surface area (Å²) in [6.07, 6.45) is 0. The summed E-state index contributed by atoms with van der Waals surface area (Å²) in [5.74, 6) is -0.714. The number of aromatic nitrogens is 4. The molecule has 0 aromatic carbocycles. The zero-order valence-electron chi connectivity index (χ0n) is 16.9. The van der Waals surface area contributed by atoms with Crippen molar-refractivity contribution in [3.63, 3.8) is 0 Å². The second kappa shape index (κ2) is 7.30. The second-order valence-electron chi connectivity index (χ2n) is 6.81. The van der Waals surface area contributed by atoms with Gasteiger partial charge in [0.05, 0.1) is 10.6 Å². The second-order valence-corrected chi connectivity index (χ2v) is 9.32. The topological polar surface area (TPSA) is 122 Å². The van der Waals surface area contributed by atoms with Gasteiger partial charge >= 0.3 is 5.69 Å². The lowest BCUT2D eigenvalue weighted by Gasteiger charge is -2.15. The molecule has 154 valence electrons. The molecule has 0 bridgehead atoms. The zero-order valence-corrected chi connectivity index (χ0v) is 18.5. The van der Waals surface area contributed by atoms with Crippen LogP contribution in [-0.2, 0) is 21.1 Å². The summed E-state index contributed by atoms with van der Waals surface area (Å²) < 4.78 is 3.31. The van der Waals surface area contributed by atoms with Crippen LogP contribution in [0.1, 0.15) is 27.7 Å². The molecule has 0 saturated carbocycles. The summed E-state index contributed by atoms with van der Waals surface area (Å²) in [6.45, 7) is 5.42. The number of anilines is 1. The van der Waals surface area contributed by atoms with Crippen LogP contribution in [0, 0.1) is 13.8 Å². The van der Waals surface area contributed by atoms with E-state index < -0.39 is 22.3 Å². The van der Waals surface area contributed by atoms with Gasteiger partial charge in [0.15, 0.2) is 10.9 Å². The molecule has 3 aromatic rings. The third-order valence-corrected chi connectivity index (χ3v) is 7.22. The number of nitrogens with two attached hydrogens (primary N) is 1. The van der Waals surface area contributed by atoms with Gasteiger partial charge in [-0.3, -0.25) is 28.1 Å². The number of carbonyl (C=O) groups is 1. The van der Waals surface area contributed by atoms with Crippen molar-refractivity contribution in [1.82, 2.24) is 18.7 Å². The fraction of sp³-hybridized carbons (Fsp3) is 0.389. The van der Waals surface area contributed by atoms with E-state index in [-0.39, 0.29) is 16.9 Å². The summed E-state index contributed by atoms with van der Waals surface area (Å²) in [4.78, 5) is 56.3. The molecule has 0 radical (unpaired) electrons. The molecule has 0 aliphatic rings. The Labute approximate surface area is 173 Å². The number of nitrogen functional groups attached to an aromatic ring is 1. The summed E-state index contributed by atoms with van der Waals surface area (Å²) in [7, 11) is 4.28. The molecule has 29 heavy (non-hydrogen) atoms. The fourth-order valence-corrected chi connectivity index (χ4v) is 4.97. The number of ketones is 1. The van der Waals surface area contributed by atoms with Crippen molar-refractivity contribution < 1.29 is 4.79 Å². The van der Waals surface area contributed by atoms with Crippen molar-refractivity contribution in [2.75, 3.05) is 5.73 Å². The summed E-state index contributed by atoms with van der Waals surface area (Å²) in [5, 5.41) is 0.194. The van der Waals surface area contributed by atoms with Gasteiger partial charge in [-0.05, 0) is 26.3 Å². The van der Waals surface area contributed by atoms with Crippen LogP contribution in [0.25, 0.3) is 10.2 Å². The minimum absolute atomic E-state index is 0.183. The van der Waals surface area contributed by atoms with Gasteiger partial charge in [-0.15, -0.1) is 11.3 Å². The molecular weight excluding hydrogens is 414 g/mol. The minimum Gasteiger partial charge on any atom is -0.384 e. The van der Waals surface area contributed by atoms with Crippen molar-refractivity contribution in [1.29, 1.82) is 0 Å². The fourth-order valence-electron chi connectivity index (χ4n) is 2.97. The maximum Gasteiger partial charge on any atom is 0.332 e. The monoisotopic (exact) mass is 435 g/mol. The highest BCUT2D eigenvalue weighted by Crippen LogP contribution is 2.30. The average molecular weight is 436 g/mol. The molecule has 11 heteroatoms. The molecule has 0 spiro atoms. The van der Waals surface area contributed by atoms with Gasteiger partial charge in [0.2, 0.25) is 0 Å². The molecule has 1 unspecified atom stereocenters. The number of thioether (sulfide) groups is 1. The first-order valence-electron chi connectivity index (χ1n) is 8.70. The van der Waals surface area contributed by atoms with Crippen molar-refractivity contribution >= 4 is 44.9 Å². The third-order valence-electron chi connectivity index (χ3n) is 4.98. The summed E-state index contributed by atoms with van der Waals surface area (Å²) in [5.41, 5.74) is 5.00. The number of aryl methyl sites for hydroxylation is 2. The van der Waals surface area contributed by atoms with Gasteiger partial charge in [-0.2, -0.15) is 0 Å². The van der Waals surface area contributed by atoms with Crippen LogP contribution < -0.4 is 22.5 Å². The third kappa shape index (κ3) is 3.23. The Balaban J connectivity index is 2.06. The Morgan fingerprint density at radius 3 is 2.31 bits per heavy atom. The van der Waals surface area contributed by atoms with E-state index in [4.69, 9.17) is 5.73 Å². The Bertz CT molecular complexity index is 1350. The van der Waals surface area contributed by atoms with Crippen LogP contribution in [0.5, 0.6) is 0 Å². The standard InChI is InChI=1S/C18H21N5O4S2/c1-7-8(2)28-14-10(7)15(25)22(5)17(20-14)29-9(3)12(24)11-13(19)21(4)18(27)23(6)16(11)26/h9H,19H2,1-6H3. The first-order chi connectivity index (χ1) is 13.5. The number of hydrogen-bond donors (Lipinski definition) is 1. The highest BCUT2D eigenvalue weighted by molar-refractivity contribution is 8.00. The summed E-state index contributed by atoms with van der Waals surface area (Å²) in [6, 6.07) is 0. The van der Waals surface area contributed by atoms with E-state index in [1.807, 2.05) is 13.8 Å². The maximum atomic E-state index is 13.0. The van der Waals surface area contributed by atoms with Crippen LogP contribution in [0.3, 0.4) is 0 Å². The van der Waals surface area contributed by atoms with Crippen LogP contribution in [-0.4, -0.2) is 29.7 Å². The average Bonchev–Trinajstić information content (AvgIpc) is 2.96. The molecule has 3 heterocycles. The Hall–Kier alpha value is -2.66. The molecule has 0 aliphatic heterocycles. The summed E-state index contributed by atoms with van der Waals surface area (Å²) >= 11 is 2.49. The predicted molar refractivity (Wildman–Crippen MR) is 115 cm³/mol. The van der Waals surface area contributed by atoms with Crippen LogP contribution in [0.2, 0.25) is 0 Å². The van der Waals surface area contributed by atoms with Gasteiger partial charge < -0.3 is 5.73 Å². The van der Waals surface area contributed by atoms with E-state index in [1.54, 1.807) is 14.0 Å². The highest BCUT2D eigenvalue weighted by atomic mass is 32.2. The number of fused-ring (bicyclic) bond motifs is 1. The lowest BCUT2D eigenvalue weighted by atomic mass is 10.1. The first-order valence-corrected chi connectivity index (χ1v) is 10.4. The number of thiophene rings is 1. The Morgan fingerprint density at radius 2 is 1.69 bits per heavy atom. The lowest BCUT2D eigenvalue weighted by Crippen LogP contribution is -2.42. The van der Waals surface area contributed by atoms with E-state index >= 15 is 0 Å². The quantitative estimate of drug-likeness (QED) is 0.368. The van der Waals surface area contributed by atoms with Gasteiger partial charge in [0, 0.05) is 26.0 Å². The van der Waals surface area contributed by atoms with Crippen molar-refractivity contribution in [2.45, 2.75) is 31.2 Å². The smallest absolute Gasteiger partial charge is 0.332 e. The molecule has 3 aromatic heterocycles. The van der Waals surface area contributed by atoms with Crippen LogP contribution in [0.4, 0.5) is 5.82 Å². The molecule has 0 amide bonds. The Morgan fingerprint density at radius 1 is 1.07 bits per heavy atom. The largest absolute Gasteiger partial charge is 0.384 e. The van der Waals surface area contributed by atoms with Crippen molar-refractivity contribution in [2.24, 2.45) is 21.1 Å². The van der Waals surface area contributed by atoms with Crippen molar-refractivity contribution in [3.8, 4) is 0 Å². The number of hydrogen-bond acceptors (Lipinski definition) is 8. The van der Waals surface area contributed by atoms with Gasteiger partial charge in [0.1, 0.15) is 16.2 Å². The maximum absolute atomic E-state index is 13.0. The molecule has 0 aliphatic carbocycles. The number of rotatable bonds is 4. The molecular formula is C18H21N5O4S2. The molecule has 1 atom stereocenters. The van der Waals surface area contributed by atoms with E-state index in [9.17, 15) is 19.2 Å². The number of nitrogens with zero attached hydrogens (tertiary/aromatic N) is 4. The minimum atomic E-state index is -0.750. The van der Waals surface area contributed by atoms with E-state index in [0.29, 0.717) is 15.4 Å². The lowest BCUT2D eigenvalue weighted by molar-refractivity contribution is 0.0992. The zero-order chi connectivity index (χ0) is 21.8. The van der Waals surface area contributed by atoms with Gasteiger partial charge in [-0.1, -0.05) is 11.8 Å². The molecule has 0 saturated heterocycles. The Kier molecular flexibility index (Phi) is 5.30. The molecule has 3 rings (SSSR count). The van der Waals surface area contributed by atoms with Crippen molar-refractivity contribution in [3.05, 3.63) is 47.2 Å². The van der Waals surface area contributed by atoms with Crippen LogP contribution in [0.15, 0.2) is 19.5 Å².